The number of carbonyl (C=O) groups excluding carboxylic acids is 1. The quantitative estimate of drug-likeness (QED) is 0.924. The summed E-state index contributed by atoms with van der Waals surface area (Å²) in [5.41, 5.74) is 0. The molecule has 0 spiro atoms. The smallest absolute Gasteiger partial charge is 0.305 e. The summed E-state index contributed by atoms with van der Waals surface area (Å²) in [6, 6.07) is 3.82. The van der Waals surface area contributed by atoms with E-state index in [0.717, 1.165) is 16.4 Å². The van der Waals surface area contributed by atoms with Gasteiger partial charge in [0.05, 0.1) is 18.9 Å². The van der Waals surface area contributed by atoms with Gasteiger partial charge in [0.15, 0.2) is 0 Å². The molecule has 0 aliphatic carbocycles. The van der Waals surface area contributed by atoms with E-state index in [4.69, 9.17) is 5.11 Å². The number of amides is 1. The van der Waals surface area contributed by atoms with Crippen LogP contribution < -0.4 is 0 Å². The van der Waals surface area contributed by atoms with Gasteiger partial charge in [0.25, 0.3) is 0 Å². The van der Waals surface area contributed by atoms with Crippen molar-refractivity contribution >= 4 is 35.0 Å². The van der Waals surface area contributed by atoms with Crippen LogP contribution in [0.1, 0.15) is 16.2 Å². The van der Waals surface area contributed by atoms with E-state index in [9.17, 15) is 9.59 Å². The van der Waals surface area contributed by atoms with Crippen molar-refractivity contribution in [3.8, 4) is 0 Å². The summed E-state index contributed by atoms with van der Waals surface area (Å²) in [7, 11) is 0. The van der Waals surface area contributed by atoms with Gasteiger partial charge in [-0.1, -0.05) is 0 Å². The van der Waals surface area contributed by atoms with Crippen LogP contribution >= 0.6 is 23.1 Å². The summed E-state index contributed by atoms with van der Waals surface area (Å²) in [4.78, 5) is 27.1. The van der Waals surface area contributed by atoms with Crippen LogP contribution in [-0.2, 0) is 16.0 Å². The van der Waals surface area contributed by atoms with Crippen molar-refractivity contribution < 1.29 is 14.7 Å². The number of aryl methyl sites for hydroxylation is 1. The number of carboxylic acid groups (broad SMARTS) is 1. The van der Waals surface area contributed by atoms with E-state index in [1.54, 1.807) is 28.0 Å². The second kappa shape index (κ2) is 6.43. The van der Waals surface area contributed by atoms with E-state index in [2.05, 4.69) is 0 Å². The molecule has 0 saturated carbocycles. The number of hydrogen-bond acceptors (Lipinski definition) is 4. The van der Waals surface area contributed by atoms with Gasteiger partial charge in [-0.05, 0) is 19.1 Å². The molecular weight excluding hydrogens is 282 g/mol. The molecule has 4 nitrogen and oxygen atoms in total. The molecule has 6 heteroatoms. The van der Waals surface area contributed by atoms with Crippen molar-refractivity contribution in [1.82, 2.24) is 4.90 Å². The average molecular weight is 299 g/mol. The highest BCUT2D eigenvalue weighted by molar-refractivity contribution is 7.99. The number of rotatable bonds is 4. The number of thioether (sulfide) groups is 1. The van der Waals surface area contributed by atoms with E-state index < -0.39 is 5.97 Å². The third kappa shape index (κ3) is 3.98. The normalized spacial score (nSPS) is 19.4. The van der Waals surface area contributed by atoms with E-state index in [-0.39, 0.29) is 18.4 Å². The average Bonchev–Trinajstić information content (AvgIpc) is 2.74. The number of aliphatic carboxylic acids is 1. The standard InChI is InChI=1S/C13H17NO3S2/c1-9-2-3-11(19-9)7-12(15)14-4-5-18-8-10(14)6-13(16)17/h2-3,10H,4-8H2,1H3,(H,16,17). The molecule has 0 radical (unpaired) electrons. The first-order valence-corrected chi connectivity index (χ1v) is 8.17. The summed E-state index contributed by atoms with van der Waals surface area (Å²) < 4.78 is 0. The first-order chi connectivity index (χ1) is 9.06. The van der Waals surface area contributed by atoms with Gasteiger partial charge in [-0.25, -0.2) is 0 Å². The summed E-state index contributed by atoms with van der Waals surface area (Å²) >= 11 is 3.35. The van der Waals surface area contributed by atoms with Crippen LogP contribution in [0.25, 0.3) is 0 Å². The van der Waals surface area contributed by atoms with Gasteiger partial charge in [-0.3, -0.25) is 9.59 Å². The maximum Gasteiger partial charge on any atom is 0.305 e. The molecule has 1 aliphatic heterocycles. The van der Waals surface area contributed by atoms with Crippen molar-refractivity contribution in [2.24, 2.45) is 0 Å². The highest BCUT2D eigenvalue weighted by Crippen LogP contribution is 2.22. The zero-order chi connectivity index (χ0) is 13.8. The lowest BCUT2D eigenvalue weighted by Crippen LogP contribution is -2.47. The third-order valence-corrected chi connectivity index (χ3v) is 5.17. The molecule has 0 bridgehead atoms. The number of thiophene rings is 1. The van der Waals surface area contributed by atoms with Gasteiger partial charge < -0.3 is 10.0 Å². The summed E-state index contributed by atoms with van der Waals surface area (Å²) in [5.74, 6) is 0.831. The van der Waals surface area contributed by atoms with Crippen LogP contribution in [0, 0.1) is 6.92 Å². The van der Waals surface area contributed by atoms with Gasteiger partial charge >= 0.3 is 5.97 Å². The lowest BCUT2D eigenvalue weighted by molar-refractivity contribution is -0.140. The maximum absolute atomic E-state index is 12.3. The first-order valence-electron chi connectivity index (χ1n) is 6.20. The van der Waals surface area contributed by atoms with Crippen LogP contribution in [0.3, 0.4) is 0 Å². The Morgan fingerprint density at radius 2 is 2.26 bits per heavy atom. The molecule has 1 aromatic heterocycles. The van der Waals surface area contributed by atoms with Gasteiger partial charge in [0, 0.05) is 27.8 Å². The third-order valence-electron chi connectivity index (χ3n) is 3.08. The lowest BCUT2D eigenvalue weighted by atomic mass is 10.1. The Morgan fingerprint density at radius 1 is 1.47 bits per heavy atom. The Balaban J connectivity index is 2.00. The molecule has 0 aromatic carbocycles. The Bertz CT molecular complexity index is 472. The molecule has 19 heavy (non-hydrogen) atoms. The molecule has 1 saturated heterocycles. The molecule has 2 heterocycles. The maximum atomic E-state index is 12.3. The minimum absolute atomic E-state index is 0.0439. The van der Waals surface area contributed by atoms with Gasteiger partial charge in [0.1, 0.15) is 0 Å². The van der Waals surface area contributed by atoms with Crippen molar-refractivity contribution in [3.63, 3.8) is 0 Å². The van der Waals surface area contributed by atoms with Crippen molar-refractivity contribution in [1.29, 1.82) is 0 Å². The Kier molecular flexibility index (Phi) is 4.87. The number of carbonyl (C=O) groups is 2. The molecule has 1 N–H and O–H groups in total. The van der Waals surface area contributed by atoms with Crippen LogP contribution in [0.5, 0.6) is 0 Å². The van der Waals surface area contributed by atoms with E-state index in [1.165, 1.54) is 4.88 Å². The second-order valence-corrected chi connectivity index (χ2v) is 7.13. The van der Waals surface area contributed by atoms with Crippen LogP contribution in [-0.4, -0.2) is 46.0 Å². The minimum atomic E-state index is -0.836. The minimum Gasteiger partial charge on any atom is -0.481 e. The highest BCUT2D eigenvalue weighted by Gasteiger charge is 2.28. The molecule has 2 rings (SSSR count). The summed E-state index contributed by atoms with van der Waals surface area (Å²) in [6.07, 6.45) is 0.432. The predicted octanol–water partition coefficient (Wildman–Crippen LogP) is 2.02. The molecule has 104 valence electrons. The monoisotopic (exact) mass is 299 g/mol. The summed E-state index contributed by atoms with van der Waals surface area (Å²) in [5, 5.41) is 8.91. The van der Waals surface area contributed by atoms with E-state index in [1.807, 2.05) is 19.1 Å². The summed E-state index contributed by atoms with van der Waals surface area (Å²) in [6.45, 7) is 2.68. The Hall–Kier alpha value is -1.01. The van der Waals surface area contributed by atoms with Gasteiger partial charge in [0.2, 0.25) is 5.91 Å². The van der Waals surface area contributed by atoms with E-state index >= 15 is 0 Å². The predicted molar refractivity (Wildman–Crippen MR) is 77.8 cm³/mol. The number of hydrogen-bond donors (Lipinski definition) is 1. The molecule has 1 fully saturated rings. The molecule has 1 aliphatic rings. The van der Waals surface area contributed by atoms with Crippen molar-refractivity contribution in [2.75, 3.05) is 18.1 Å². The zero-order valence-electron chi connectivity index (χ0n) is 10.8. The van der Waals surface area contributed by atoms with Gasteiger partial charge in [-0.15, -0.1) is 11.3 Å². The molecule has 1 amide bonds. The van der Waals surface area contributed by atoms with Crippen LogP contribution in [0.4, 0.5) is 0 Å². The second-order valence-electron chi connectivity index (χ2n) is 4.60. The number of nitrogens with zero attached hydrogens (tertiary/aromatic N) is 1. The molecular formula is C13H17NO3S2. The van der Waals surface area contributed by atoms with E-state index in [0.29, 0.717) is 13.0 Å². The first kappa shape index (κ1) is 14.4. The largest absolute Gasteiger partial charge is 0.481 e. The fraction of sp³-hybridized carbons (Fsp3) is 0.538. The Labute approximate surface area is 120 Å². The van der Waals surface area contributed by atoms with Gasteiger partial charge in [-0.2, -0.15) is 11.8 Å². The fourth-order valence-electron chi connectivity index (χ4n) is 2.18. The SMILES string of the molecule is Cc1ccc(CC(=O)N2CCSCC2CC(=O)O)s1. The van der Waals surface area contributed by atoms with Crippen molar-refractivity contribution in [2.45, 2.75) is 25.8 Å². The van der Waals surface area contributed by atoms with Crippen molar-refractivity contribution in [3.05, 3.63) is 21.9 Å². The molecule has 1 atom stereocenters. The fourth-order valence-corrected chi connectivity index (χ4v) is 4.13. The Morgan fingerprint density at radius 3 is 2.89 bits per heavy atom. The highest BCUT2D eigenvalue weighted by atomic mass is 32.2. The topological polar surface area (TPSA) is 57.6 Å². The lowest BCUT2D eigenvalue weighted by Gasteiger charge is -2.34. The van der Waals surface area contributed by atoms with Crippen LogP contribution in [0.2, 0.25) is 0 Å². The zero-order valence-corrected chi connectivity index (χ0v) is 12.4. The molecule has 1 aromatic rings. The molecule has 1 unspecified atom stereocenters. The van der Waals surface area contributed by atoms with Crippen LogP contribution in [0.15, 0.2) is 12.1 Å². The number of carboxylic acids is 1.